The van der Waals surface area contributed by atoms with Gasteiger partial charge in [0, 0.05) is 31.1 Å². The van der Waals surface area contributed by atoms with Crippen molar-refractivity contribution in [2.24, 2.45) is 5.92 Å². The van der Waals surface area contributed by atoms with Crippen molar-refractivity contribution in [3.05, 3.63) is 11.6 Å². The van der Waals surface area contributed by atoms with E-state index in [0.29, 0.717) is 18.1 Å². The highest BCUT2D eigenvalue weighted by atomic mass is 32.1. The first-order chi connectivity index (χ1) is 10.5. The van der Waals surface area contributed by atoms with Gasteiger partial charge in [-0.15, -0.1) is 11.3 Å². The Bertz CT molecular complexity index is 484. The molecule has 1 atom stereocenters. The Morgan fingerprint density at radius 1 is 1.55 bits per heavy atom. The Hall–Kier alpha value is -1.47. The zero-order valence-electron chi connectivity index (χ0n) is 13.1. The summed E-state index contributed by atoms with van der Waals surface area (Å²) in [5.74, 6) is 0.0476. The quantitative estimate of drug-likeness (QED) is 0.833. The predicted octanol–water partition coefficient (Wildman–Crippen LogP) is 2.14. The molecule has 2 amide bonds. The molecule has 0 saturated carbocycles. The van der Waals surface area contributed by atoms with Gasteiger partial charge in [0.2, 0.25) is 11.8 Å². The van der Waals surface area contributed by atoms with Crippen molar-refractivity contribution in [1.29, 1.82) is 0 Å². The number of hydrogen-bond acceptors (Lipinski definition) is 5. The molecule has 2 rings (SSSR count). The summed E-state index contributed by atoms with van der Waals surface area (Å²) in [5, 5.41) is 5.07. The van der Waals surface area contributed by atoms with Crippen LogP contribution in [0.4, 0.5) is 5.13 Å². The van der Waals surface area contributed by atoms with E-state index in [1.165, 1.54) is 11.3 Å². The normalized spacial score (nSPS) is 17.7. The van der Waals surface area contributed by atoms with E-state index in [2.05, 4.69) is 10.3 Å². The lowest BCUT2D eigenvalue weighted by Crippen LogP contribution is -2.42. The van der Waals surface area contributed by atoms with Gasteiger partial charge < -0.3 is 15.0 Å². The van der Waals surface area contributed by atoms with Gasteiger partial charge >= 0.3 is 0 Å². The van der Waals surface area contributed by atoms with Gasteiger partial charge in [0.25, 0.3) is 0 Å². The molecule has 1 N–H and O–H groups in total. The molecule has 1 saturated heterocycles. The second-order valence-corrected chi connectivity index (χ2v) is 6.79. The molecule has 1 aliphatic rings. The van der Waals surface area contributed by atoms with Gasteiger partial charge in [-0.3, -0.25) is 9.59 Å². The minimum absolute atomic E-state index is 0.000196. The van der Waals surface area contributed by atoms with Crippen LogP contribution < -0.4 is 5.32 Å². The minimum atomic E-state index is -0.218. The minimum Gasteiger partial charge on any atom is -0.376 e. The zero-order valence-corrected chi connectivity index (χ0v) is 13.9. The number of amides is 2. The third-order valence-corrected chi connectivity index (χ3v) is 4.09. The molecule has 1 unspecified atom stereocenters. The van der Waals surface area contributed by atoms with Crippen LogP contribution >= 0.6 is 11.3 Å². The molecule has 6 nitrogen and oxygen atoms in total. The predicted molar refractivity (Wildman–Crippen MR) is 85.8 cm³/mol. The molecule has 1 aromatic heterocycles. The summed E-state index contributed by atoms with van der Waals surface area (Å²) in [7, 11) is 0. The van der Waals surface area contributed by atoms with Crippen LogP contribution in [0.1, 0.15) is 33.1 Å². The first-order valence-electron chi connectivity index (χ1n) is 7.63. The average molecular weight is 325 g/mol. The van der Waals surface area contributed by atoms with Crippen molar-refractivity contribution < 1.29 is 14.3 Å². The molecule has 0 aromatic carbocycles. The number of thiazole rings is 1. The van der Waals surface area contributed by atoms with Crippen molar-refractivity contribution in [2.75, 3.05) is 25.0 Å². The SMILES string of the molecule is CC(C)CC(=O)N(CC(=O)Nc1nccs1)CC1CCCO1. The molecule has 7 heteroatoms. The van der Waals surface area contributed by atoms with Gasteiger partial charge in [-0.05, 0) is 18.8 Å². The molecule has 0 bridgehead atoms. The maximum atomic E-state index is 12.4. The summed E-state index contributed by atoms with van der Waals surface area (Å²) in [6.45, 7) is 5.26. The first kappa shape index (κ1) is 16.9. The van der Waals surface area contributed by atoms with Crippen LogP contribution in [0.25, 0.3) is 0 Å². The molecule has 2 heterocycles. The summed E-state index contributed by atoms with van der Waals surface area (Å²) in [5.41, 5.74) is 0. The number of rotatable bonds is 7. The molecular weight excluding hydrogens is 302 g/mol. The summed E-state index contributed by atoms with van der Waals surface area (Å²) in [6, 6.07) is 0. The van der Waals surface area contributed by atoms with E-state index < -0.39 is 0 Å². The molecule has 0 aliphatic carbocycles. The highest BCUT2D eigenvalue weighted by molar-refractivity contribution is 7.13. The van der Waals surface area contributed by atoms with Gasteiger partial charge in [-0.25, -0.2) is 4.98 Å². The molecule has 1 fully saturated rings. The van der Waals surface area contributed by atoms with Crippen molar-refractivity contribution >= 4 is 28.3 Å². The van der Waals surface area contributed by atoms with E-state index in [1.807, 2.05) is 13.8 Å². The lowest BCUT2D eigenvalue weighted by molar-refractivity contribution is -0.136. The van der Waals surface area contributed by atoms with E-state index >= 15 is 0 Å². The van der Waals surface area contributed by atoms with Crippen LogP contribution in [0.3, 0.4) is 0 Å². The molecule has 1 aliphatic heterocycles. The van der Waals surface area contributed by atoms with E-state index in [1.54, 1.807) is 16.5 Å². The summed E-state index contributed by atoms with van der Waals surface area (Å²) in [6.07, 6.45) is 4.08. The number of aromatic nitrogens is 1. The second kappa shape index (κ2) is 8.24. The highest BCUT2D eigenvalue weighted by Crippen LogP contribution is 2.15. The van der Waals surface area contributed by atoms with E-state index in [9.17, 15) is 9.59 Å². The number of ether oxygens (including phenoxy) is 1. The summed E-state index contributed by atoms with van der Waals surface area (Å²) >= 11 is 1.36. The first-order valence-corrected chi connectivity index (χ1v) is 8.51. The van der Waals surface area contributed by atoms with Gasteiger partial charge in [0.15, 0.2) is 5.13 Å². The number of nitrogens with one attached hydrogen (secondary N) is 1. The fourth-order valence-corrected chi connectivity index (χ4v) is 2.93. The lowest BCUT2D eigenvalue weighted by atomic mass is 10.1. The van der Waals surface area contributed by atoms with Gasteiger partial charge in [0.05, 0.1) is 6.10 Å². The number of carbonyl (C=O) groups is 2. The maximum absolute atomic E-state index is 12.4. The van der Waals surface area contributed by atoms with Gasteiger partial charge in [-0.2, -0.15) is 0 Å². The Labute approximate surface area is 134 Å². The Kier molecular flexibility index (Phi) is 6.33. The molecular formula is C15H23N3O3S. The Morgan fingerprint density at radius 2 is 2.36 bits per heavy atom. The van der Waals surface area contributed by atoms with Gasteiger partial charge in [-0.1, -0.05) is 13.8 Å². The zero-order chi connectivity index (χ0) is 15.9. The third-order valence-electron chi connectivity index (χ3n) is 3.40. The smallest absolute Gasteiger partial charge is 0.245 e. The van der Waals surface area contributed by atoms with Crippen molar-refractivity contribution in [3.63, 3.8) is 0 Å². The summed E-state index contributed by atoms with van der Waals surface area (Å²) in [4.78, 5) is 30.1. The molecule has 122 valence electrons. The monoisotopic (exact) mass is 325 g/mol. The Balaban J connectivity index is 1.92. The van der Waals surface area contributed by atoms with Crippen LogP contribution in [-0.2, 0) is 14.3 Å². The second-order valence-electron chi connectivity index (χ2n) is 5.89. The van der Waals surface area contributed by atoms with Crippen LogP contribution in [0.5, 0.6) is 0 Å². The number of anilines is 1. The Morgan fingerprint density at radius 3 is 2.95 bits per heavy atom. The summed E-state index contributed by atoms with van der Waals surface area (Å²) < 4.78 is 5.59. The van der Waals surface area contributed by atoms with E-state index in [0.717, 1.165) is 19.4 Å². The highest BCUT2D eigenvalue weighted by Gasteiger charge is 2.24. The van der Waals surface area contributed by atoms with Crippen LogP contribution in [-0.4, -0.2) is 47.5 Å². The maximum Gasteiger partial charge on any atom is 0.245 e. The van der Waals surface area contributed by atoms with Crippen LogP contribution in [0.15, 0.2) is 11.6 Å². The largest absolute Gasteiger partial charge is 0.376 e. The number of carbonyl (C=O) groups excluding carboxylic acids is 2. The number of nitrogens with zero attached hydrogens (tertiary/aromatic N) is 2. The fraction of sp³-hybridized carbons (Fsp3) is 0.667. The average Bonchev–Trinajstić information content (AvgIpc) is 3.10. The molecule has 1 aromatic rings. The van der Waals surface area contributed by atoms with Crippen molar-refractivity contribution in [3.8, 4) is 0 Å². The fourth-order valence-electron chi connectivity index (χ4n) is 2.38. The standard InChI is InChI=1S/C15H23N3O3S/c1-11(2)8-14(20)18(9-12-4-3-6-21-12)10-13(19)17-15-16-5-7-22-15/h5,7,11-12H,3-4,6,8-10H2,1-2H3,(H,16,17,19). The van der Waals surface area contributed by atoms with E-state index in [4.69, 9.17) is 4.74 Å². The third kappa shape index (κ3) is 5.38. The van der Waals surface area contributed by atoms with Gasteiger partial charge in [0.1, 0.15) is 6.54 Å². The molecule has 0 radical (unpaired) electrons. The molecule has 0 spiro atoms. The molecule has 22 heavy (non-hydrogen) atoms. The van der Waals surface area contributed by atoms with E-state index in [-0.39, 0.29) is 30.4 Å². The topological polar surface area (TPSA) is 71.5 Å². The number of hydrogen-bond donors (Lipinski definition) is 1. The van der Waals surface area contributed by atoms with Crippen LogP contribution in [0, 0.1) is 5.92 Å². The van der Waals surface area contributed by atoms with Crippen molar-refractivity contribution in [2.45, 2.75) is 39.2 Å². The lowest BCUT2D eigenvalue weighted by Gasteiger charge is -2.25. The van der Waals surface area contributed by atoms with Crippen molar-refractivity contribution in [1.82, 2.24) is 9.88 Å². The van der Waals surface area contributed by atoms with Crippen LogP contribution in [0.2, 0.25) is 0 Å².